The molecule has 0 bridgehead atoms. The highest BCUT2D eigenvalue weighted by Gasteiger charge is 2.32. The number of ether oxygens (including phenoxy) is 1. The number of morpholine rings is 1. The Kier molecular flexibility index (Phi) is 4.45. The van der Waals surface area contributed by atoms with Crippen molar-refractivity contribution in [2.45, 2.75) is 45.1 Å². The number of nitrogens with two attached hydrogens (primary N) is 1. The van der Waals surface area contributed by atoms with E-state index in [1.165, 1.54) is 32.2 Å². The van der Waals surface area contributed by atoms with Crippen molar-refractivity contribution in [3.05, 3.63) is 0 Å². The van der Waals surface area contributed by atoms with Crippen molar-refractivity contribution in [3.8, 4) is 0 Å². The van der Waals surface area contributed by atoms with Gasteiger partial charge in [0.15, 0.2) is 0 Å². The van der Waals surface area contributed by atoms with E-state index < -0.39 is 0 Å². The van der Waals surface area contributed by atoms with Crippen LogP contribution in [0.15, 0.2) is 0 Å². The summed E-state index contributed by atoms with van der Waals surface area (Å²) >= 11 is 0. The van der Waals surface area contributed by atoms with Crippen LogP contribution in [0, 0.1) is 11.8 Å². The average Bonchev–Trinajstić information content (AvgIpc) is 2.33. The Morgan fingerprint density at radius 1 is 1.18 bits per heavy atom. The van der Waals surface area contributed by atoms with Gasteiger partial charge in [-0.1, -0.05) is 0 Å². The lowest BCUT2D eigenvalue weighted by atomic mass is 9.81. The van der Waals surface area contributed by atoms with E-state index in [9.17, 15) is 0 Å². The second kappa shape index (κ2) is 5.68. The van der Waals surface area contributed by atoms with Gasteiger partial charge in [0.2, 0.25) is 0 Å². The Hall–Kier alpha value is -0.120. The van der Waals surface area contributed by atoms with Crippen molar-refractivity contribution < 1.29 is 4.74 Å². The van der Waals surface area contributed by atoms with E-state index in [1.54, 1.807) is 0 Å². The highest BCUT2D eigenvalue weighted by Crippen LogP contribution is 2.30. The molecule has 1 saturated heterocycles. The van der Waals surface area contributed by atoms with Crippen molar-refractivity contribution in [2.24, 2.45) is 17.6 Å². The van der Waals surface area contributed by atoms with Crippen LogP contribution in [0.1, 0.15) is 39.5 Å². The third-order valence-corrected chi connectivity index (χ3v) is 4.60. The minimum absolute atomic E-state index is 0.225. The fourth-order valence-electron chi connectivity index (χ4n) is 3.19. The maximum absolute atomic E-state index is 5.75. The van der Waals surface area contributed by atoms with Gasteiger partial charge < -0.3 is 10.5 Å². The molecule has 0 aromatic carbocycles. The zero-order valence-corrected chi connectivity index (χ0v) is 11.5. The van der Waals surface area contributed by atoms with Gasteiger partial charge in [-0.25, -0.2) is 0 Å². The maximum Gasteiger partial charge on any atom is 0.0645 e. The van der Waals surface area contributed by atoms with Gasteiger partial charge in [0.1, 0.15) is 0 Å². The quantitative estimate of drug-likeness (QED) is 0.818. The predicted molar refractivity (Wildman–Crippen MR) is 71.0 cm³/mol. The van der Waals surface area contributed by atoms with Gasteiger partial charge in [0.25, 0.3) is 0 Å². The van der Waals surface area contributed by atoms with Crippen LogP contribution < -0.4 is 5.73 Å². The fraction of sp³-hybridized carbons (Fsp3) is 1.00. The second-order valence-electron chi connectivity index (χ2n) is 6.43. The molecule has 0 aromatic heterocycles. The van der Waals surface area contributed by atoms with Crippen LogP contribution >= 0.6 is 0 Å². The summed E-state index contributed by atoms with van der Waals surface area (Å²) in [6, 6.07) is 0. The van der Waals surface area contributed by atoms with E-state index in [1.807, 2.05) is 0 Å². The molecule has 1 aliphatic carbocycles. The zero-order chi connectivity index (χ0) is 12.3. The molecule has 0 amide bonds. The summed E-state index contributed by atoms with van der Waals surface area (Å²) in [6.45, 7) is 9.63. The first-order chi connectivity index (χ1) is 8.12. The van der Waals surface area contributed by atoms with E-state index in [4.69, 9.17) is 10.5 Å². The van der Waals surface area contributed by atoms with Gasteiger partial charge in [-0.15, -0.1) is 0 Å². The summed E-state index contributed by atoms with van der Waals surface area (Å²) in [4.78, 5) is 2.63. The summed E-state index contributed by atoms with van der Waals surface area (Å²) in [6.07, 6.45) is 5.42. The molecule has 2 fully saturated rings. The molecule has 0 aromatic rings. The SMILES string of the molecule is CC1(C)COCCN1CC1CCC(CN)CC1. The first-order valence-electron chi connectivity index (χ1n) is 7.14. The normalized spacial score (nSPS) is 34.8. The molecule has 2 aliphatic rings. The maximum atomic E-state index is 5.75. The van der Waals surface area contributed by atoms with Gasteiger partial charge in [0.05, 0.1) is 13.2 Å². The largest absolute Gasteiger partial charge is 0.378 e. The Bertz CT molecular complexity index is 234. The standard InChI is InChI=1S/C14H28N2O/c1-14(2)11-17-8-7-16(14)10-13-5-3-12(9-15)4-6-13/h12-13H,3-11,15H2,1-2H3. The van der Waals surface area contributed by atoms with Gasteiger partial charge >= 0.3 is 0 Å². The van der Waals surface area contributed by atoms with Gasteiger partial charge in [-0.3, -0.25) is 4.90 Å². The van der Waals surface area contributed by atoms with E-state index in [0.717, 1.165) is 38.1 Å². The summed E-state index contributed by atoms with van der Waals surface area (Å²) < 4.78 is 5.58. The molecular weight excluding hydrogens is 212 g/mol. The molecule has 1 aliphatic heterocycles. The molecule has 0 radical (unpaired) electrons. The molecule has 3 nitrogen and oxygen atoms in total. The minimum atomic E-state index is 0.225. The van der Waals surface area contributed by atoms with Crippen molar-refractivity contribution in [1.82, 2.24) is 4.90 Å². The molecule has 0 unspecified atom stereocenters. The fourth-order valence-corrected chi connectivity index (χ4v) is 3.19. The van der Waals surface area contributed by atoms with E-state index in [-0.39, 0.29) is 5.54 Å². The monoisotopic (exact) mass is 240 g/mol. The molecule has 0 atom stereocenters. The van der Waals surface area contributed by atoms with Crippen LogP contribution in [0.5, 0.6) is 0 Å². The van der Waals surface area contributed by atoms with E-state index in [2.05, 4.69) is 18.7 Å². The number of hydrogen-bond acceptors (Lipinski definition) is 3. The van der Waals surface area contributed by atoms with Crippen LogP contribution in [0.4, 0.5) is 0 Å². The van der Waals surface area contributed by atoms with Crippen molar-refractivity contribution in [1.29, 1.82) is 0 Å². The van der Waals surface area contributed by atoms with Crippen LogP contribution in [-0.2, 0) is 4.74 Å². The summed E-state index contributed by atoms with van der Waals surface area (Å²) in [7, 11) is 0. The first-order valence-corrected chi connectivity index (χ1v) is 7.14. The van der Waals surface area contributed by atoms with Crippen LogP contribution in [-0.4, -0.2) is 43.3 Å². The minimum Gasteiger partial charge on any atom is -0.378 e. The molecule has 0 spiro atoms. The number of nitrogens with zero attached hydrogens (tertiary/aromatic N) is 1. The van der Waals surface area contributed by atoms with Gasteiger partial charge in [-0.05, 0) is 57.9 Å². The second-order valence-corrected chi connectivity index (χ2v) is 6.43. The summed E-state index contributed by atoms with van der Waals surface area (Å²) in [5, 5.41) is 0. The van der Waals surface area contributed by atoms with E-state index >= 15 is 0 Å². The van der Waals surface area contributed by atoms with Crippen LogP contribution in [0.3, 0.4) is 0 Å². The lowest BCUT2D eigenvalue weighted by molar-refractivity contribution is -0.0596. The lowest BCUT2D eigenvalue weighted by Crippen LogP contribution is -2.54. The highest BCUT2D eigenvalue weighted by atomic mass is 16.5. The Morgan fingerprint density at radius 3 is 2.41 bits per heavy atom. The molecule has 100 valence electrons. The van der Waals surface area contributed by atoms with Gasteiger partial charge in [0, 0.05) is 18.6 Å². The third-order valence-electron chi connectivity index (χ3n) is 4.60. The summed E-state index contributed by atoms with van der Waals surface area (Å²) in [5.74, 6) is 1.68. The highest BCUT2D eigenvalue weighted by molar-refractivity contribution is 4.86. The molecule has 3 heteroatoms. The van der Waals surface area contributed by atoms with Crippen LogP contribution in [0.2, 0.25) is 0 Å². The molecule has 2 N–H and O–H groups in total. The Labute approximate surface area is 106 Å². The molecular formula is C14H28N2O. The topological polar surface area (TPSA) is 38.5 Å². The Morgan fingerprint density at radius 2 is 1.82 bits per heavy atom. The number of rotatable bonds is 3. The molecule has 1 saturated carbocycles. The average molecular weight is 240 g/mol. The predicted octanol–water partition coefficient (Wildman–Crippen LogP) is 1.86. The van der Waals surface area contributed by atoms with Gasteiger partial charge in [-0.2, -0.15) is 0 Å². The molecule has 17 heavy (non-hydrogen) atoms. The molecule has 1 heterocycles. The third kappa shape index (κ3) is 3.43. The lowest BCUT2D eigenvalue weighted by Gasteiger charge is -2.44. The Balaban J connectivity index is 1.80. The van der Waals surface area contributed by atoms with Crippen molar-refractivity contribution in [2.75, 3.05) is 32.8 Å². The summed E-state index contributed by atoms with van der Waals surface area (Å²) in [5.41, 5.74) is 5.97. The van der Waals surface area contributed by atoms with Crippen LogP contribution in [0.25, 0.3) is 0 Å². The zero-order valence-electron chi connectivity index (χ0n) is 11.5. The molecule has 2 rings (SSSR count). The van der Waals surface area contributed by atoms with Crippen molar-refractivity contribution in [3.63, 3.8) is 0 Å². The van der Waals surface area contributed by atoms with Crippen molar-refractivity contribution >= 4 is 0 Å². The first kappa shape index (κ1) is 13.3. The number of hydrogen-bond donors (Lipinski definition) is 1. The van der Waals surface area contributed by atoms with E-state index in [0.29, 0.717) is 0 Å². The smallest absolute Gasteiger partial charge is 0.0645 e.